The van der Waals surface area contributed by atoms with Crippen LogP contribution in [-0.2, 0) is 16.1 Å². The number of piperidine rings is 1. The van der Waals surface area contributed by atoms with Crippen LogP contribution in [0.3, 0.4) is 0 Å². The van der Waals surface area contributed by atoms with Crippen molar-refractivity contribution in [2.75, 3.05) is 44.2 Å². The van der Waals surface area contributed by atoms with Crippen LogP contribution in [0.5, 0.6) is 5.75 Å². The van der Waals surface area contributed by atoms with Gasteiger partial charge in [-0.25, -0.2) is 0 Å². The van der Waals surface area contributed by atoms with Crippen LogP contribution in [0.15, 0.2) is 54.9 Å². The number of benzene rings is 2. The molecule has 3 heterocycles. The molecule has 3 fully saturated rings. The molecule has 2 aliphatic heterocycles. The van der Waals surface area contributed by atoms with E-state index in [0.29, 0.717) is 37.0 Å². The highest BCUT2D eigenvalue weighted by Crippen LogP contribution is 2.35. The third-order valence-corrected chi connectivity index (χ3v) is 9.09. The van der Waals surface area contributed by atoms with Crippen molar-refractivity contribution in [3.63, 3.8) is 0 Å². The second kappa shape index (κ2) is 13.8. The van der Waals surface area contributed by atoms with E-state index < -0.39 is 5.60 Å². The lowest BCUT2D eigenvalue weighted by Crippen LogP contribution is -2.54. The summed E-state index contributed by atoms with van der Waals surface area (Å²) in [6.45, 7) is 8.70. The fourth-order valence-electron chi connectivity index (χ4n) is 6.20. The summed E-state index contributed by atoms with van der Waals surface area (Å²) < 4.78 is 6.28. The minimum atomic E-state index is -0.973. The molecule has 2 saturated heterocycles. The summed E-state index contributed by atoms with van der Waals surface area (Å²) in [5.41, 5.74) is 2.98. The monoisotopic (exact) mass is 640 g/mol. The van der Waals surface area contributed by atoms with Crippen LogP contribution in [0.1, 0.15) is 45.1 Å². The number of halogens is 2. The third-order valence-electron chi connectivity index (χ3n) is 8.74. The smallest absolute Gasteiger partial charge is 0.266 e. The average molecular weight is 642 g/mol. The zero-order valence-electron chi connectivity index (χ0n) is 25.4. The standard InChI is InChI=1S/C33H41ClN6O3.ClH/c1-33(2,32(42)38-15-12-35-13-16-38)43-29-7-3-6-28(18-29)39-14-4-5-25(21-39)31(41)40(27-10-11-27)22-24-9-8-23(17-30(24)34)26-19-36-37-20-26;/h3,6-9,17-20,25,27,35H,4-5,10-16,21-22H2,1-2H3,(H,36,37);1H. The molecule has 9 nitrogen and oxygen atoms in total. The summed E-state index contributed by atoms with van der Waals surface area (Å²) in [4.78, 5) is 33.4. The third kappa shape index (κ3) is 7.33. The second-order valence-corrected chi connectivity index (χ2v) is 12.8. The van der Waals surface area contributed by atoms with E-state index >= 15 is 0 Å². The van der Waals surface area contributed by atoms with Crippen molar-refractivity contribution in [1.29, 1.82) is 0 Å². The fourth-order valence-corrected chi connectivity index (χ4v) is 6.44. The molecule has 11 heteroatoms. The minimum Gasteiger partial charge on any atom is -0.478 e. The van der Waals surface area contributed by atoms with Crippen molar-refractivity contribution in [2.45, 2.75) is 57.7 Å². The van der Waals surface area contributed by atoms with Gasteiger partial charge in [-0.3, -0.25) is 14.7 Å². The van der Waals surface area contributed by atoms with Crippen LogP contribution >= 0.6 is 24.0 Å². The number of aromatic nitrogens is 2. The molecule has 2 aromatic carbocycles. The quantitative estimate of drug-likeness (QED) is 0.336. The number of piperazine rings is 1. The fraction of sp³-hybridized carbons (Fsp3) is 0.485. The van der Waals surface area contributed by atoms with Gasteiger partial charge in [0, 0.05) is 80.4 Å². The van der Waals surface area contributed by atoms with Gasteiger partial charge >= 0.3 is 0 Å². The molecule has 3 aliphatic rings. The van der Waals surface area contributed by atoms with Crippen molar-refractivity contribution in [3.8, 4) is 16.9 Å². The lowest BCUT2D eigenvalue weighted by Gasteiger charge is -2.37. The summed E-state index contributed by atoms with van der Waals surface area (Å²) in [5, 5.41) is 10.8. The van der Waals surface area contributed by atoms with Gasteiger partial charge in [0.15, 0.2) is 5.60 Å². The van der Waals surface area contributed by atoms with Crippen LogP contribution in [0.4, 0.5) is 5.69 Å². The van der Waals surface area contributed by atoms with Gasteiger partial charge in [-0.1, -0.05) is 29.8 Å². The summed E-state index contributed by atoms with van der Waals surface area (Å²) in [7, 11) is 0. The van der Waals surface area contributed by atoms with Crippen LogP contribution < -0.4 is 15.0 Å². The van der Waals surface area contributed by atoms with Crippen molar-refractivity contribution in [3.05, 3.63) is 65.4 Å². The molecule has 0 bridgehead atoms. The number of nitrogens with zero attached hydrogens (tertiary/aromatic N) is 4. The summed E-state index contributed by atoms with van der Waals surface area (Å²) >= 11 is 6.72. The maximum atomic E-state index is 14.0. The van der Waals surface area contributed by atoms with Crippen LogP contribution in [0, 0.1) is 5.92 Å². The average Bonchev–Trinajstić information content (AvgIpc) is 3.72. The van der Waals surface area contributed by atoms with E-state index in [0.717, 1.165) is 67.7 Å². The van der Waals surface area contributed by atoms with Gasteiger partial charge in [-0.05, 0) is 68.9 Å². The number of H-pyrrole nitrogens is 1. The molecule has 1 unspecified atom stereocenters. The Morgan fingerprint density at radius 2 is 1.86 bits per heavy atom. The molecule has 0 radical (unpaired) electrons. The minimum absolute atomic E-state index is 0. The van der Waals surface area contributed by atoms with Crippen molar-refractivity contribution in [1.82, 2.24) is 25.3 Å². The Labute approximate surface area is 270 Å². The first kappa shape index (κ1) is 32.1. The molecule has 1 atom stereocenters. The van der Waals surface area contributed by atoms with E-state index in [1.807, 2.05) is 61.3 Å². The van der Waals surface area contributed by atoms with Crippen molar-refractivity contribution < 1.29 is 14.3 Å². The van der Waals surface area contributed by atoms with Gasteiger partial charge < -0.3 is 24.8 Å². The van der Waals surface area contributed by atoms with E-state index in [-0.39, 0.29) is 36.2 Å². The van der Waals surface area contributed by atoms with Gasteiger partial charge in [0.1, 0.15) is 5.75 Å². The molecule has 44 heavy (non-hydrogen) atoms. The van der Waals surface area contributed by atoms with Gasteiger partial charge in [0.05, 0.1) is 12.1 Å². The Kier molecular flexibility index (Phi) is 10.1. The lowest BCUT2D eigenvalue weighted by molar-refractivity contribution is -0.146. The van der Waals surface area contributed by atoms with E-state index in [1.54, 1.807) is 6.20 Å². The number of hydrogen-bond acceptors (Lipinski definition) is 6. The summed E-state index contributed by atoms with van der Waals surface area (Å²) in [5.74, 6) is 0.776. The number of aromatic amines is 1. The molecule has 0 spiro atoms. The molecule has 1 aromatic heterocycles. The SMILES string of the molecule is CC(C)(Oc1cccc(N2CCCC(C(=O)N(Cc3ccc(-c4cn[nH]c4)cc3Cl)C3CC3)C2)c1)C(=O)N1CCNCC1.Cl. The molecule has 236 valence electrons. The number of amides is 2. The van der Waals surface area contributed by atoms with Crippen LogP contribution in [-0.4, -0.2) is 82.7 Å². The first-order valence-electron chi connectivity index (χ1n) is 15.4. The number of carbonyl (C=O) groups is 2. The Bertz CT molecular complexity index is 1440. The van der Waals surface area contributed by atoms with Gasteiger partial charge in [-0.2, -0.15) is 5.10 Å². The van der Waals surface area contributed by atoms with E-state index in [2.05, 4.69) is 31.4 Å². The molecular weight excluding hydrogens is 599 g/mol. The molecule has 1 aliphatic carbocycles. The normalized spacial score (nSPS) is 18.8. The highest BCUT2D eigenvalue weighted by molar-refractivity contribution is 6.31. The topological polar surface area (TPSA) is 93.8 Å². The number of carbonyl (C=O) groups excluding carboxylic acids is 2. The molecule has 2 amide bonds. The molecule has 1 saturated carbocycles. The number of ether oxygens (including phenoxy) is 1. The van der Waals surface area contributed by atoms with Gasteiger partial charge in [-0.15, -0.1) is 12.4 Å². The zero-order chi connectivity index (χ0) is 30.0. The molecular formula is C33H42Cl2N6O3. The van der Waals surface area contributed by atoms with Gasteiger partial charge in [0.25, 0.3) is 5.91 Å². The second-order valence-electron chi connectivity index (χ2n) is 12.4. The first-order chi connectivity index (χ1) is 20.8. The zero-order valence-corrected chi connectivity index (χ0v) is 27.0. The van der Waals surface area contributed by atoms with E-state index in [1.165, 1.54) is 0 Å². The Hall–Kier alpha value is -3.27. The number of rotatable bonds is 9. The number of anilines is 1. The Balaban J connectivity index is 0.00000384. The number of hydrogen-bond donors (Lipinski definition) is 2. The maximum Gasteiger partial charge on any atom is 0.266 e. The number of nitrogens with one attached hydrogen (secondary N) is 2. The highest BCUT2D eigenvalue weighted by Gasteiger charge is 2.38. The lowest BCUT2D eigenvalue weighted by atomic mass is 9.95. The van der Waals surface area contributed by atoms with Crippen LogP contribution in [0.25, 0.3) is 11.1 Å². The predicted octanol–water partition coefficient (Wildman–Crippen LogP) is 5.15. The van der Waals surface area contributed by atoms with E-state index in [9.17, 15) is 9.59 Å². The summed E-state index contributed by atoms with van der Waals surface area (Å²) in [6.07, 6.45) is 7.50. The molecule has 3 aromatic rings. The van der Waals surface area contributed by atoms with Crippen LogP contribution in [0.2, 0.25) is 5.02 Å². The Morgan fingerprint density at radius 3 is 2.57 bits per heavy atom. The summed E-state index contributed by atoms with van der Waals surface area (Å²) in [6, 6.07) is 14.2. The molecule has 6 rings (SSSR count). The first-order valence-corrected chi connectivity index (χ1v) is 15.8. The largest absolute Gasteiger partial charge is 0.478 e. The predicted molar refractivity (Wildman–Crippen MR) is 175 cm³/mol. The molecule has 2 N–H and O–H groups in total. The van der Waals surface area contributed by atoms with Gasteiger partial charge in [0.2, 0.25) is 5.91 Å². The highest BCUT2D eigenvalue weighted by atomic mass is 35.5. The Morgan fingerprint density at radius 1 is 1.07 bits per heavy atom. The maximum absolute atomic E-state index is 14.0. The van der Waals surface area contributed by atoms with E-state index in [4.69, 9.17) is 16.3 Å². The van der Waals surface area contributed by atoms with Crippen molar-refractivity contribution >= 4 is 41.5 Å². The van der Waals surface area contributed by atoms with Crippen molar-refractivity contribution in [2.24, 2.45) is 5.92 Å².